The first-order chi connectivity index (χ1) is 10.1. The van der Waals surface area contributed by atoms with E-state index in [1.54, 1.807) is 16.9 Å². The van der Waals surface area contributed by atoms with Crippen molar-refractivity contribution in [3.8, 4) is 16.8 Å². The van der Waals surface area contributed by atoms with Gasteiger partial charge in [-0.2, -0.15) is 5.10 Å². The van der Waals surface area contributed by atoms with Gasteiger partial charge in [0.25, 0.3) is 0 Å². The average molecular weight is 280 g/mol. The van der Waals surface area contributed by atoms with Crippen molar-refractivity contribution in [2.75, 3.05) is 0 Å². The standard InChI is InChI=1S/C17H13FN2O/c1-12(21)16-9-15(18)7-8-17(16)20-11-14(10-19-20)13-5-3-2-4-6-13/h2-11H,1H3. The lowest BCUT2D eigenvalue weighted by atomic mass is 10.1. The summed E-state index contributed by atoms with van der Waals surface area (Å²) < 4.78 is 14.9. The summed E-state index contributed by atoms with van der Waals surface area (Å²) >= 11 is 0. The van der Waals surface area contributed by atoms with Crippen molar-refractivity contribution < 1.29 is 9.18 Å². The number of hydrogen-bond acceptors (Lipinski definition) is 2. The van der Waals surface area contributed by atoms with Crippen LogP contribution < -0.4 is 0 Å². The third kappa shape index (κ3) is 2.60. The molecule has 0 unspecified atom stereocenters. The molecule has 0 N–H and O–H groups in total. The first-order valence-electron chi connectivity index (χ1n) is 6.56. The van der Waals surface area contributed by atoms with E-state index in [2.05, 4.69) is 5.10 Å². The minimum atomic E-state index is -0.431. The predicted octanol–water partition coefficient (Wildman–Crippen LogP) is 3.88. The maximum atomic E-state index is 13.3. The number of Topliss-reactive ketones (excluding diaryl/α,β-unsaturated/α-hetero) is 1. The maximum Gasteiger partial charge on any atom is 0.162 e. The molecule has 0 atom stereocenters. The van der Waals surface area contributed by atoms with Crippen LogP contribution in [0.3, 0.4) is 0 Å². The molecule has 0 fully saturated rings. The summed E-state index contributed by atoms with van der Waals surface area (Å²) in [7, 11) is 0. The van der Waals surface area contributed by atoms with Crippen molar-refractivity contribution in [2.45, 2.75) is 6.92 Å². The number of halogens is 1. The van der Waals surface area contributed by atoms with Gasteiger partial charge in [0, 0.05) is 17.3 Å². The molecule has 0 bridgehead atoms. The van der Waals surface area contributed by atoms with Gasteiger partial charge in [-0.1, -0.05) is 30.3 Å². The van der Waals surface area contributed by atoms with E-state index in [0.29, 0.717) is 11.3 Å². The Labute approximate surface area is 121 Å². The van der Waals surface area contributed by atoms with Gasteiger partial charge in [-0.15, -0.1) is 0 Å². The molecule has 3 aromatic rings. The Morgan fingerprint density at radius 2 is 1.86 bits per heavy atom. The van der Waals surface area contributed by atoms with Gasteiger partial charge in [0.15, 0.2) is 5.78 Å². The van der Waals surface area contributed by atoms with Crippen LogP contribution in [-0.4, -0.2) is 15.6 Å². The summed E-state index contributed by atoms with van der Waals surface area (Å²) in [5.41, 5.74) is 2.87. The number of ketones is 1. The normalized spacial score (nSPS) is 10.6. The van der Waals surface area contributed by atoms with E-state index in [1.165, 1.54) is 19.1 Å². The topological polar surface area (TPSA) is 34.9 Å². The number of rotatable bonds is 3. The van der Waals surface area contributed by atoms with Crippen LogP contribution in [0.5, 0.6) is 0 Å². The largest absolute Gasteiger partial charge is 0.294 e. The van der Waals surface area contributed by atoms with Crippen LogP contribution in [0.4, 0.5) is 4.39 Å². The molecule has 1 aromatic heterocycles. The van der Waals surface area contributed by atoms with Crippen molar-refractivity contribution >= 4 is 5.78 Å². The number of benzene rings is 2. The molecule has 104 valence electrons. The number of carbonyl (C=O) groups excluding carboxylic acids is 1. The predicted molar refractivity (Wildman–Crippen MR) is 79.0 cm³/mol. The molecule has 1 heterocycles. The van der Waals surface area contributed by atoms with Gasteiger partial charge in [0.05, 0.1) is 11.9 Å². The molecule has 0 saturated carbocycles. The van der Waals surface area contributed by atoms with Crippen LogP contribution in [0.25, 0.3) is 16.8 Å². The summed E-state index contributed by atoms with van der Waals surface area (Å²) in [5, 5.41) is 4.28. The third-order valence-electron chi connectivity index (χ3n) is 3.27. The molecule has 0 aliphatic rings. The lowest BCUT2D eigenvalue weighted by molar-refractivity contribution is 0.101. The Hall–Kier alpha value is -2.75. The Balaban J connectivity index is 2.07. The van der Waals surface area contributed by atoms with Crippen LogP contribution in [0.15, 0.2) is 60.9 Å². The zero-order valence-electron chi connectivity index (χ0n) is 11.5. The summed E-state index contributed by atoms with van der Waals surface area (Å²) in [6.45, 7) is 1.42. The highest BCUT2D eigenvalue weighted by Crippen LogP contribution is 2.22. The second-order valence-electron chi connectivity index (χ2n) is 4.76. The van der Waals surface area contributed by atoms with Gasteiger partial charge in [0.1, 0.15) is 5.82 Å². The SMILES string of the molecule is CC(=O)c1cc(F)ccc1-n1cc(-c2ccccc2)cn1. The highest BCUT2D eigenvalue weighted by Gasteiger charge is 2.12. The van der Waals surface area contributed by atoms with E-state index in [0.717, 1.165) is 11.1 Å². The second kappa shape index (κ2) is 5.32. The van der Waals surface area contributed by atoms with Crippen molar-refractivity contribution in [1.29, 1.82) is 0 Å². The third-order valence-corrected chi connectivity index (χ3v) is 3.27. The molecule has 21 heavy (non-hydrogen) atoms. The van der Waals surface area contributed by atoms with E-state index < -0.39 is 5.82 Å². The van der Waals surface area contributed by atoms with E-state index in [1.807, 2.05) is 36.5 Å². The Bertz CT molecular complexity index is 794. The monoisotopic (exact) mass is 280 g/mol. The highest BCUT2D eigenvalue weighted by molar-refractivity contribution is 5.97. The minimum Gasteiger partial charge on any atom is -0.294 e. The average Bonchev–Trinajstić information content (AvgIpc) is 2.97. The van der Waals surface area contributed by atoms with Crippen LogP contribution in [0.1, 0.15) is 17.3 Å². The summed E-state index contributed by atoms with van der Waals surface area (Å²) in [4.78, 5) is 11.7. The van der Waals surface area contributed by atoms with E-state index in [4.69, 9.17) is 0 Å². The van der Waals surface area contributed by atoms with Gasteiger partial charge in [-0.3, -0.25) is 4.79 Å². The van der Waals surface area contributed by atoms with Gasteiger partial charge >= 0.3 is 0 Å². The first-order valence-corrected chi connectivity index (χ1v) is 6.56. The van der Waals surface area contributed by atoms with E-state index >= 15 is 0 Å². The molecule has 0 amide bonds. The lowest BCUT2D eigenvalue weighted by Crippen LogP contribution is -2.04. The summed E-state index contributed by atoms with van der Waals surface area (Å²) in [5.74, 6) is -0.624. The maximum absolute atomic E-state index is 13.3. The quantitative estimate of drug-likeness (QED) is 0.682. The van der Waals surface area contributed by atoms with Crippen LogP contribution in [0.2, 0.25) is 0 Å². The molecule has 3 rings (SSSR count). The van der Waals surface area contributed by atoms with Crippen molar-refractivity contribution in [3.63, 3.8) is 0 Å². The fourth-order valence-corrected chi connectivity index (χ4v) is 2.22. The fraction of sp³-hybridized carbons (Fsp3) is 0.0588. The van der Waals surface area contributed by atoms with Gasteiger partial charge in [-0.25, -0.2) is 9.07 Å². The smallest absolute Gasteiger partial charge is 0.162 e. The zero-order valence-corrected chi connectivity index (χ0v) is 11.5. The molecule has 4 heteroatoms. The molecule has 0 radical (unpaired) electrons. The lowest BCUT2D eigenvalue weighted by Gasteiger charge is -2.06. The molecule has 0 saturated heterocycles. The molecule has 0 aliphatic carbocycles. The van der Waals surface area contributed by atoms with Crippen LogP contribution >= 0.6 is 0 Å². The molecule has 0 spiro atoms. The number of hydrogen-bond donors (Lipinski definition) is 0. The Morgan fingerprint density at radius 1 is 1.10 bits per heavy atom. The molecule has 0 aliphatic heterocycles. The molecular weight excluding hydrogens is 267 g/mol. The van der Waals surface area contributed by atoms with Gasteiger partial charge in [0.2, 0.25) is 0 Å². The van der Waals surface area contributed by atoms with Crippen molar-refractivity contribution in [1.82, 2.24) is 9.78 Å². The van der Waals surface area contributed by atoms with E-state index in [-0.39, 0.29) is 5.78 Å². The van der Waals surface area contributed by atoms with Gasteiger partial charge in [-0.05, 0) is 30.7 Å². The number of carbonyl (C=O) groups is 1. The Kier molecular flexibility index (Phi) is 3.36. The fourth-order valence-electron chi connectivity index (χ4n) is 2.22. The Morgan fingerprint density at radius 3 is 2.57 bits per heavy atom. The van der Waals surface area contributed by atoms with Crippen molar-refractivity contribution in [3.05, 3.63) is 72.3 Å². The first kappa shape index (κ1) is 13.2. The molecule has 2 aromatic carbocycles. The minimum absolute atomic E-state index is 0.193. The van der Waals surface area contributed by atoms with Crippen LogP contribution in [-0.2, 0) is 0 Å². The molecular formula is C17H13FN2O. The van der Waals surface area contributed by atoms with Gasteiger partial charge < -0.3 is 0 Å². The van der Waals surface area contributed by atoms with Crippen molar-refractivity contribution in [2.24, 2.45) is 0 Å². The number of nitrogens with zero attached hydrogens (tertiary/aromatic N) is 2. The van der Waals surface area contributed by atoms with Crippen LogP contribution in [0, 0.1) is 5.82 Å². The second-order valence-corrected chi connectivity index (χ2v) is 4.76. The zero-order chi connectivity index (χ0) is 14.8. The number of aromatic nitrogens is 2. The highest BCUT2D eigenvalue weighted by atomic mass is 19.1. The summed E-state index contributed by atoms with van der Waals surface area (Å²) in [6, 6.07) is 13.9. The summed E-state index contributed by atoms with van der Waals surface area (Å²) in [6.07, 6.45) is 3.55. The van der Waals surface area contributed by atoms with E-state index in [9.17, 15) is 9.18 Å². The molecule has 3 nitrogen and oxygen atoms in total.